The number of furan rings is 1. The van der Waals surface area contributed by atoms with Crippen LogP contribution in [0.1, 0.15) is 22.5 Å². The highest BCUT2D eigenvalue weighted by Gasteiger charge is 2.19. The average molecular weight is 265 g/mol. The van der Waals surface area contributed by atoms with Gasteiger partial charge in [-0.05, 0) is 38.5 Å². The van der Waals surface area contributed by atoms with Gasteiger partial charge in [0.2, 0.25) is 0 Å². The van der Waals surface area contributed by atoms with E-state index in [1.54, 1.807) is 0 Å². The number of hydrogen-bond acceptors (Lipinski definition) is 2. The second-order valence-electron chi connectivity index (χ2n) is 5.53. The number of nitrogens with zero attached hydrogens (tertiary/aromatic N) is 1. The van der Waals surface area contributed by atoms with E-state index in [0.29, 0.717) is 6.54 Å². The van der Waals surface area contributed by atoms with Crippen molar-refractivity contribution >= 4 is 27.9 Å². The minimum Gasteiger partial charge on any atom is -0.461 e. The molecule has 4 rings (SSSR count). The zero-order valence-corrected chi connectivity index (χ0v) is 11.8. The van der Waals surface area contributed by atoms with Crippen molar-refractivity contribution in [1.29, 1.82) is 0 Å². The van der Waals surface area contributed by atoms with Gasteiger partial charge in [0.05, 0.1) is 5.52 Å². The van der Waals surface area contributed by atoms with Crippen molar-refractivity contribution < 1.29 is 4.42 Å². The van der Waals surface area contributed by atoms with Crippen LogP contribution in [0.5, 0.6) is 0 Å². The molecule has 2 aromatic heterocycles. The third-order valence-corrected chi connectivity index (χ3v) is 4.31. The number of aromatic nitrogens is 1. The Morgan fingerprint density at radius 1 is 1.15 bits per heavy atom. The summed E-state index contributed by atoms with van der Waals surface area (Å²) in [6.07, 6.45) is 4.09. The summed E-state index contributed by atoms with van der Waals surface area (Å²) in [4.78, 5) is 12.5. The largest absolute Gasteiger partial charge is 0.461 e. The van der Waals surface area contributed by atoms with Crippen molar-refractivity contribution in [2.24, 2.45) is 0 Å². The van der Waals surface area contributed by atoms with Gasteiger partial charge in [0, 0.05) is 28.4 Å². The van der Waals surface area contributed by atoms with Gasteiger partial charge in [0.1, 0.15) is 11.3 Å². The highest BCUT2D eigenvalue weighted by atomic mass is 16.3. The first kappa shape index (κ1) is 11.5. The number of hydrogen-bond donors (Lipinski definition) is 0. The number of fused-ring (bicyclic) bond motifs is 2. The Morgan fingerprint density at radius 3 is 2.75 bits per heavy atom. The zero-order valence-electron chi connectivity index (χ0n) is 11.8. The smallest absolute Gasteiger partial charge is 0.254 e. The normalized spacial score (nSPS) is 13.6. The molecule has 0 spiro atoms. The van der Waals surface area contributed by atoms with Gasteiger partial charge >= 0.3 is 0 Å². The van der Waals surface area contributed by atoms with Crippen LogP contribution < -0.4 is 5.56 Å². The van der Waals surface area contributed by atoms with E-state index in [4.69, 9.17) is 4.42 Å². The summed E-state index contributed by atoms with van der Waals surface area (Å²) < 4.78 is 7.68. The second-order valence-corrected chi connectivity index (χ2v) is 5.53. The van der Waals surface area contributed by atoms with E-state index in [0.717, 1.165) is 44.3 Å². The Morgan fingerprint density at radius 2 is 1.95 bits per heavy atom. The van der Waals surface area contributed by atoms with E-state index < -0.39 is 0 Å². The monoisotopic (exact) mass is 265 g/mol. The molecule has 100 valence electrons. The molecule has 0 amide bonds. The Hall–Kier alpha value is -2.29. The van der Waals surface area contributed by atoms with Crippen molar-refractivity contribution in [1.82, 2.24) is 4.57 Å². The van der Waals surface area contributed by atoms with Crippen LogP contribution in [0.15, 0.2) is 27.4 Å². The number of allylic oxidation sites excluding steroid dienone is 1. The maximum Gasteiger partial charge on any atom is 0.254 e. The Kier molecular flexibility index (Phi) is 2.09. The minimum atomic E-state index is 0.100. The van der Waals surface area contributed by atoms with E-state index in [9.17, 15) is 4.79 Å². The SMILES string of the molecule is Cc1cc2cc3c(C)c(C)c(=O)n4c3c(c2o1)C=CC4. The first-order chi connectivity index (χ1) is 9.58. The molecular formula is C17H15NO2. The highest BCUT2D eigenvalue weighted by molar-refractivity contribution is 6.05. The van der Waals surface area contributed by atoms with Crippen molar-refractivity contribution in [2.75, 3.05) is 0 Å². The molecule has 0 fully saturated rings. The zero-order chi connectivity index (χ0) is 14.0. The Balaban J connectivity index is 2.39. The first-order valence-electron chi connectivity index (χ1n) is 6.81. The van der Waals surface area contributed by atoms with Crippen LogP contribution in [0.2, 0.25) is 0 Å². The van der Waals surface area contributed by atoms with Gasteiger partial charge in [0.15, 0.2) is 0 Å². The molecule has 0 N–H and O–H groups in total. The summed E-state index contributed by atoms with van der Waals surface area (Å²) in [5.41, 5.74) is 4.90. The van der Waals surface area contributed by atoms with Crippen LogP contribution in [-0.2, 0) is 6.54 Å². The molecule has 0 bridgehead atoms. The topological polar surface area (TPSA) is 35.1 Å². The van der Waals surface area contributed by atoms with Crippen LogP contribution in [0.4, 0.5) is 0 Å². The maximum absolute atomic E-state index is 12.5. The van der Waals surface area contributed by atoms with E-state index in [2.05, 4.69) is 18.2 Å². The molecule has 3 heterocycles. The summed E-state index contributed by atoms with van der Waals surface area (Å²) >= 11 is 0. The average Bonchev–Trinajstić information content (AvgIpc) is 2.82. The maximum atomic E-state index is 12.5. The fourth-order valence-corrected chi connectivity index (χ4v) is 3.18. The van der Waals surface area contributed by atoms with Crippen molar-refractivity contribution in [3.8, 4) is 0 Å². The molecule has 1 aliphatic heterocycles. The predicted octanol–water partition coefficient (Wildman–Crippen LogP) is 3.70. The number of aryl methyl sites for hydroxylation is 2. The van der Waals surface area contributed by atoms with Crippen molar-refractivity contribution in [3.63, 3.8) is 0 Å². The number of benzene rings is 1. The van der Waals surface area contributed by atoms with E-state index in [1.807, 2.05) is 31.4 Å². The van der Waals surface area contributed by atoms with Gasteiger partial charge in [-0.25, -0.2) is 0 Å². The van der Waals surface area contributed by atoms with Gasteiger partial charge in [-0.3, -0.25) is 4.79 Å². The van der Waals surface area contributed by atoms with Crippen LogP contribution in [0.25, 0.3) is 27.9 Å². The lowest BCUT2D eigenvalue weighted by atomic mass is 9.98. The van der Waals surface area contributed by atoms with Gasteiger partial charge in [-0.1, -0.05) is 12.2 Å². The number of rotatable bonds is 0. The molecule has 0 aliphatic carbocycles. The van der Waals surface area contributed by atoms with Gasteiger partial charge < -0.3 is 8.98 Å². The third-order valence-electron chi connectivity index (χ3n) is 4.31. The van der Waals surface area contributed by atoms with Gasteiger partial charge in [0.25, 0.3) is 5.56 Å². The van der Waals surface area contributed by atoms with Gasteiger partial charge in [-0.15, -0.1) is 0 Å². The van der Waals surface area contributed by atoms with Crippen molar-refractivity contribution in [3.05, 3.63) is 51.0 Å². The molecule has 1 aromatic carbocycles. The molecule has 0 radical (unpaired) electrons. The summed E-state index contributed by atoms with van der Waals surface area (Å²) in [5.74, 6) is 0.897. The molecule has 20 heavy (non-hydrogen) atoms. The summed E-state index contributed by atoms with van der Waals surface area (Å²) in [7, 11) is 0. The Bertz CT molecular complexity index is 970. The van der Waals surface area contributed by atoms with Gasteiger partial charge in [-0.2, -0.15) is 0 Å². The third kappa shape index (κ3) is 1.27. The molecule has 0 unspecified atom stereocenters. The lowest BCUT2D eigenvalue weighted by molar-refractivity contribution is 0.578. The van der Waals surface area contributed by atoms with E-state index >= 15 is 0 Å². The lowest BCUT2D eigenvalue weighted by Gasteiger charge is -2.18. The molecular weight excluding hydrogens is 250 g/mol. The van der Waals surface area contributed by atoms with Crippen LogP contribution in [-0.4, -0.2) is 4.57 Å². The quantitative estimate of drug-likeness (QED) is 0.621. The Labute approximate surface area is 116 Å². The first-order valence-corrected chi connectivity index (χ1v) is 6.81. The molecule has 3 nitrogen and oxygen atoms in total. The fraction of sp³-hybridized carbons (Fsp3) is 0.235. The fourth-order valence-electron chi connectivity index (χ4n) is 3.18. The highest BCUT2D eigenvalue weighted by Crippen LogP contribution is 2.34. The molecule has 0 saturated heterocycles. The molecule has 3 heteroatoms. The molecule has 0 atom stereocenters. The van der Waals surface area contributed by atoms with Crippen LogP contribution in [0.3, 0.4) is 0 Å². The van der Waals surface area contributed by atoms with Crippen LogP contribution in [0, 0.1) is 20.8 Å². The lowest BCUT2D eigenvalue weighted by Crippen LogP contribution is -2.25. The molecule has 0 saturated carbocycles. The number of pyridine rings is 1. The predicted molar refractivity (Wildman–Crippen MR) is 81.2 cm³/mol. The summed E-state index contributed by atoms with van der Waals surface area (Å²) in [5, 5.41) is 2.25. The second kappa shape index (κ2) is 3.63. The molecule has 3 aromatic rings. The van der Waals surface area contributed by atoms with Crippen molar-refractivity contribution in [2.45, 2.75) is 27.3 Å². The van der Waals surface area contributed by atoms with E-state index in [-0.39, 0.29) is 5.56 Å². The standard InChI is InChI=1S/C17H15NO2/c1-9-7-12-8-14-10(2)11(3)17(19)18-6-4-5-13(15(14)18)16(12)20-9/h4-5,7-8H,6H2,1-3H3. The summed E-state index contributed by atoms with van der Waals surface area (Å²) in [6.45, 7) is 6.52. The molecule has 1 aliphatic rings. The minimum absolute atomic E-state index is 0.100. The van der Waals surface area contributed by atoms with E-state index in [1.165, 1.54) is 0 Å². The summed E-state index contributed by atoms with van der Waals surface area (Å²) in [6, 6.07) is 4.19. The van der Waals surface area contributed by atoms with Crippen LogP contribution >= 0.6 is 0 Å².